The van der Waals surface area contributed by atoms with Gasteiger partial charge in [0.1, 0.15) is 0 Å². The Morgan fingerprint density at radius 1 is 0.429 bits per heavy atom. The summed E-state index contributed by atoms with van der Waals surface area (Å²) < 4.78 is 6.57. The summed E-state index contributed by atoms with van der Waals surface area (Å²) in [6.07, 6.45) is 5.98. The Morgan fingerprint density at radius 3 is 0.762 bits per heavy atom. The summed E-state index contributed by atoms with van der Waals surface area (Å²) in [5.74, 6) is 3.58. The van der Waals surface area contributed by atoms with Crippen molar-refractivity contribution in [2.45, 2.75) is 100.0 Å². The summed E-state index contributed by atoms with van der Waals surface area (Å²) in [7, 11) is 0. The van der Waals surface area contributed by atoms with Gasteiger partial charge < -0.3 is 0 Å². The molecule has 0 atom stereocenters. The fourth-order valence-electron chi connectivity index (χ4n) is 3.13. The van der Waals surface area contributed by atoms with E-state index in [9.17, 15) is 0 Å². The summed E-state index contributed by atoms with van der Waals surface area (Å²) in [6.45, 7) is 19.3. The minimum atomic E-state index is -1.63. The minimum absolute atomic E-state index is 0.896. The van der Waals surface area contributed by atoms with Crippen LogP contribution in [0.5, 0.6) is 0 Å². The molecule has 0 aliphatic carbocycles. The normalized spacial score (nSPS) is 13.1. The van der Waals surface area contributed by atoms with Crippen molar-refractivity contribution in [2.75, 3.05) is 0 Å². The van der Waals surface area contributed by atoms with Crippen molar-refractivity contribution in [3.63, 3.8) is 0 Å². The zero-order chi connectivity index (χ0) is 16.5. The van der Waals surface area contributed by atoms with Crippen LogP contribution < -0.4 is 0 Å². The van der Waals surface area contributed by atoms with Crippen molar-refractivity contribution in [3.8, 4) is 0 Å². The third-order valence-electron chi connectivity index (χ3n) is 5.01. The molecule has 0 amide bonds. The van der Waals surface area contributed by atoms with Crippen molar-refractivity contribution in [1.82, 2.24) is 0 Å². The van der Waals surface area contributed by atoms with E-state index in [1.54, 1.807) is 18.9 Å². The van der Waals surface area contributed by atoms with Crippen molar-refractivity contribution < 1.29 is 16.6 Å². The van der Waals surface area contributed by atoms with E-state index in [2.05, 4.69) is 55.4 Å². The summed E-state index contributed by atoms with van der Waals surface area (Å²) in [6, 6.07) is 0. The molecule has 0 spiro atoms. The molecule has 0 aliphatic heterocycles. The van der Waals surface area contributed by atoms with Crippen molar-refractivity contribution in [2.24, 2.45) is 23.7 Å². The van der Waals surface area contributed by atoms with Gasteiger partial charge in [-0.15, -0.1) is 0 Å². The fraction of sp³-hybridized carbons (Fsp3) is 1.00. The van der Waals surface area contributed by atoms with Gasteiger partial charge in [0, 0.05) is 0 Å². The Kier molecular flexibility index (Phi) is 11.7. The fourth-order valence-corrected chi connectivity index (χ4v) is 12.9. The van der Waals surface area contributed by atoms with E-state index in [0.717, 1.165) is 23.7 Å². The van der Waals surface area contributed by atoms with Gasteiger partial charge in [0.2, 0.25) is 0 Å². The van der Waals surface area contributed by atoms with Crippen molar-refractivity contribution >= 4 is 0 Å². The van der Waals surface area contributed by atoms with Crippen LogP contribution in [-0.4, -0.2) is 0 Å². The van der Waals surface area contributed by atoms with E-state index >= 15 is 0 Å². The Morgan fingerprint density at radius 2 is 0.619 bits per heavy atom. The van der Waals surface area contributed by atoms with Gasteiger partial charge in [0.25, 0.3) is 0 Å². The first-order valence-electron chi connectivity index (χ1n) is 9.67. The first-order chi connectivity index (χ1) is 9.67. The molecule has 0 saturated heterocycles. The predicted octanol–water partition coefficient (Wildman–Crippen LogP) is 8.00. The van der Waals surface area contributed by atoms with Crippen LogP contribution in [0.3, 0.4) is 0 Å². The van der Waals surface area contributed by atoms with E-state index in [-0.39, 0.29) is 0 Å². The topological polar surface area (TPSA) is 0 Å². The van der Waals surface area contributed by atoms with Crippen LogP contribution in [-0.2, 0) is 16.6 Å². The average Bonchev–Trinajstić information content (AvgIpc) is 2.36. The second kappa shape index (κ2) is 11.3. The maximum atomic E-state index is 2.42. The first kappa shape index (κ1) is 21.7. The molecule has 128 valence electrons. The molecule has 0 unspecified atom stereocenters. The molecule has 0 fully saturated rings. The third-order valence-corrected chi connectivity index (χ3v) is 13.4. The summed E-state index contributed by atoms with van der Waals surface area (Å²) >= 11 is -1.63. The quantitative estimate of drug-likeness (QED) is 0.318. The van der Waals surface area contributed by atoms with Crippen LogP contribution in [0, 0.1) is 23.7 Å². The van der Waals surface area contributed by atoms with Crippen LogP contribution in [0.15, 0.2) is 0 Å². The van der Waals surface area contributed by atoms with Gasteiger partial charge >= 0.3 is 140 Å². The molecule has 21 heavy (non-hydrogen) atoms. The molecular weight excluding hydrogens is 288 g/mol. The predicted molar refractivity (Wildman–Crippen MR) is 97.0 cm³/mol. The summed E-state index contributed by atoms with van der Waals surface area (Å²) in [4.78, 5) is 0. The zero-order valence-corrected chi connectivity index (χ0v) is 18.0. The molecule has 0 heterocycles. The van der Waals surface area contributed by atoms with Gasteiger partial charge in [0.05, 0.1) is 0 Å². The standard InChI is InChI=1S/4C5H11.Ti/c4*1-4-5(2)3;/h4*5H,1,4H2,2-3H3;. The van der Waals surface area contributed by atoms with E-state index < -0.39 is 16.6 Å². The van der Waals surface area contributed by atoms with Gasteiger partial charge in [-0.1, -0.05) is 0 Å². The monoisotopic (exact) mass is 332 g/mol. The van der Waals surface area contributed by atoms with Gasteiger partial charge in [-0.2, -0.15) is 0 Å². The number of hydrogen-bond acceptors (Lipinski definition) is 0. The molecule has 0 rings (SSSR count). The molecular formula is C20H44Ti. The van der Waals surface area contributed by atoms with Crippen LogP contribution in [0.2, 0.25) is 18.9 Å². The van der Waals surface area contributed by atoms with Gasteiger partial charge in [-0.05, 0) is 0 Å². The third kappa shape index (κ3) is 11.9. The van der Waals surface area contributed by atoms with E-state index in [1.807, 2.05) is 0 Å². The molecule has 1 heteroatoms. The maximum absolute atomic E-state index is 2.42. The Labute approximate surface area is 140 Å². The van der Waals surface area contributed by atoms with Crippen LogP contribution in [0.4, 0.5) is 0 Å². The van der Waals surface area contributed by atoms with Crippen molar-refractivity contribution in [1.29, 1.82) is 0 Å². The second-order valence-electron chi connectivity index (χ2n) is 9.23. The summed E-state index contributed by atoms with van der Waals surface area (Å²) in [5, 5.41) is 0. The molecule has 0 nitrogen and oxygen atoms in total. The van der Waals surface area contributed by atoms with Crippen molar-refractivity contribution in [3.05, 3.63) is 0 Å². The van der Waals surface area contributed by atoms with Crippen LogP contribution in [0.25, 0.3) is 0 Å². The molecule has 0 aliphatic rings. The van der Waals surface area contributed by atoms with Crippen LogP contribution in [0.1, 0.15) is 81.1 Å². The Hall–Kier alpha value is 0.714. The number of hydrogen-bond donors (Lipinski definition) is 0. The molecule has 0 bridgehead atoms. The van der Waals surface area contributed by atoms with Gasteiger partial charge in [-0.25, -0.2) is 0 Å². The average molecular weight is 332 g/mol. The first-order valence-corrected chi connectivity index (χ1v) is 14.1. The SMILES string of the molecule is CC(C)C[CH2][Ti]([CH2]CC(C)C)([CH2]CC(C)C)[CH2]CC(C)C. The molecule has 0 aromatic heterocycles. The Balaban J connectivity index is 4.85. The molecule has 0 aromatic rings. The number of rotatable bonds is 12. The summed E-state index contributed by atoms with van der Waals surface area (Å²) in [5.41, 5.74) is 0. The Bertz CT molecular complexity index is 187. The van der Waals surface area contributed by atoms with E-state index in [1.165, 1.54) is 25.7 Å². The zero-order valence-electron chi connectivity index (χ0n) is 16.5. The van der Waals surface area contributed by atoms with Gasteiger partial charge in [0.15, 0.2) is 0 Å². The molecule has 0 N–H and O–H groups in total. The van der Waals surface area contributed by atoms with E-state index in [0.29, 0.717) is 0 Å². The molecule has 0 saturated carbocycles. The van der Waals surface area contributed by atoms with E-state index in [4.69, 9.17) is 0 Å². The molecule has 0 aromatic carbocycles. The second-order valence-corrected chi connectivity index (χ2v) is 17.0. The molecule has 0 radical (unpaired) electrons. The van der Waals surface area contributed by atoms with Gasteiger partial charge in [-0.3, -0.25) is 0 Å². The van der Waals surface area contributed by atoms with Crippen LogP contribution >= 0.6 is 0 Å².